The van der Waals surface area contributed by atoms with Crippen molar-refractivity contribution in [1.82, 2.24) is 15.1 Å². The zero-order valence-electron chi connectivity index (χ0n) is 12.8. The van der Waals surface area contributed by atoms with Crippen LogP contribution < -0.4 is 5.32 Å². The number of likely N-dealkylation sites (N-methyl/N-ethyl adjacent to an activating group) is 1. The van der Waals surface area contributed by atoms with Gasteiger partial charge in [-0.3, -0.25) is 9.80 Å². The highest BCUT2D eigenvalue weighted by Gasteiger charge is 2.34. The molecule has 0 radical (unpaired) electrons. The van der Waals surface area contributed by atoms with Crippen molar-refractivity contribution in [1.29, 1.82) is 0 Å². The molecular weight excluding hydrogens is 246 g/mol. The van der Waals surface area contributed by atoms with Gasteiger partial charge in [-0.05, 0) is 38.9 Å². The van der Waals surface area contributed by atoms with Gasteiger partial charge in [0, 0.05) is 37.8 Å². The van der Waals surface area contributed by atoms with Gasteiger partial charge in [0.2, 0.25) is 0 Å². The molecule has 1 aromatic carbocycles. The van der Waals surface area contributed by atoms with E-state index in [9.17, 15) is 0 Å². The van der Waals surface area contributed by atoms with Crippen LogP contribution in [0.25, 0.3) is 0 Å². The van der Waals surface area contributed by atoms with Gasteiger partial charge >= 0.3 is 0 Å². The molecule has 110 valence electrons. The predicted octanol–water partition coefficient (Wildman–Crippen LogP) is 2.12. The highest BCUT2D eigenvalue weighted by atomic mass is 15.3. The summed E-state index contributed by atoms with van der Waals surface area (Å²) < 4.78 is 0. The molecule has 20 heavy (non-hydrogen) atoms. The lowest BCUT2D eigenvalue weighted by molar-refractivity contribution is 0.0530. The standard InChI is InChI=1S/C17H27N3/c1-14-11-19-10-6-9-16(19)12-20(14)13-17(18-2)15-7-4-3-5-8-15/h3-5,7-8,14,16-18H,6,9-13H2,1-2H3. The molecule has 2 aliphatic heterocycles. The van der Waals surface area contributed by atoms with Crippen LogP contribution in [0.15, 0.2) is 30.3 Å². The molecule has 2 saturated heterocycles. The molecule has 3 nitrogen and oxygen atoms in total. The molecule has 1 N–H and O–H groups in total. The number of rotatable bonds is 4. The first-order chi connectivity index (χ1) is 9.78. The summed E-state index contributed by atoms with van der Waals surface area (Å²) >= 11 is 0. The van der Waals surface area contributed by atoms with E-state index >= 15 is 0 Å². The van der Waals surface area contributed by atoms with Crippen molar-refractivity contribution in [2.45, 2.75) is 37.9 Å². The van der Waals surface area contributed by atoms with Gasteiger partial charge in [0.1, 0.15) is 0 Å². The lowest BCUT2D eigenvalue weighted by atomic mass is 10.0. The molecule has 3 atom stereocenters. The summed E-state index contributed by atoms with van der Waals surface area (Å²) in [6.07, 6.45) is 2.78. The van der Waals surface area contributed by atoms with E-state index in [4.69, 9.17) is 0 Å². The fourth-order valence-electron chi connectivity index (χ4n) is 3.79. The van der Waals surface area contributed by atoms with E-state index < -0.39 is 0 Å². The van der Waals surface area contributed by atoms with Crippen LogP contribution in [-0.2, 0) is 0 Å². The zero-order valence-corrected chi connectivity index (χ0v) is 12.8. The van der Waals surface area contributed by atoms with Gasteiger partial charge < -0.3 is 5.32 Å². The second kappa shape index (κ2) is 6.25. The summed E-state index contributed by atoms with van der Waals surface area (Å²) in [6.45, 7) is 7.30. The monoisotopic (exact) mass is 273 g/mol. The van der Waals surface area contributed by atoms with Gasteiger partial charge in [0.25, 0.3) is 0 Å². The van der Waals surface area contributed by atoms with Gasteiger partial charge in [-0.15, -0.1) is 0 Å². The number of nitrogens with one attached hydrogen (secondary N) is 1. The van der Waals surface area contributed by atoms with Crippen molar-refractivity contribution < 1.29 is 0 Å². The number of hydrogen-bond donors (Lipinski definition) is 1. The predicted molar refractivity (Wildman–Crippen MR) is 83.9 cm³/mol. The minimum Gasteiger partial charge on any atom is -0.312 e. The minimum absolute atomic E-state index is 0.437. The largest absolute Gasteiger partial charge is 0.312 e. The first-order valence-corrected chi connectivity index (χ1v) is 7.98. The fourth-order valence-corrected chi connectivity index (χ4v) is 3.79. The lowest BCUT2D eigenvalue weighted by Gasteiger charge is -2.43. The molecule has 0 spiro atoms. The van der Waals surface area contributed by atoms with Gasteiger partial charge in [0.15, 0.2) is 0 Å². The van der Waals surface area contributed by atoms with Crippen molar-refractivity contribution in [3.63, 3.8) is 0 Å². The molecule has 2 aliphatic rings. The first kappa shape index (κ1) is 14.1. The Balaban J connectivity index is 1.66. The highest BCUT2D eigenvalue weighted by molar-refractivity contribution is 5.19. The normalized spacial score (nSPS) is 29.3. The van der Waals surface area contributed by atoms with E-state index in [1.807, 2.05) is 0 Å². The maximum atomic E-state index is 3.49. The SMILES string of the molecule is CNC(CN1CC2CCCN2CC1C)c1ccccc1. The van der Waals surface area contributed by atoms with Crippen LogP contribution in [0, 0.1) is 0 Å². The fraction of sp³-hybridized carbons (Fsp3) is 0.647. The third-order valence-electron chi connectivity index (χ3n) is 5.03. The van der Waals surface area contributed by atoms with Gasteiger partial charge in [-0.1, -0.05) is 30.3 Å². The summed E-state index contributed by atoms with van der Waals surface area (Å²) in [6, 6.07) is 12.7. The van der Waals surface area contributed by atoms with Crippen molar-refractivity contribution in [2.75, 3.05) is 33.2 Å². The van der Waals surface area contributed by atoms with Gasteiger partial charge in [0.05, 0.1) is 0 Å². The van der Waals surface area contributed by atoms with Crippen molar-refractivity contribution in [3.05, 3.63) is 35.9 Å². The summed E-state index contributed by atoms with van der Waals surface area (Å²) in [5.41, 5.74) is 1.40. The topological polar surface area (TPSA) is 18.5 Å². The number of benzene rings is 1. The Morgan fingerprint density at radius 1 is 1.25 bits per heavy atom. The maximum absolute atomic E-state index is 3.49. The lowest BCUT2D eigenvalue weighted by Crippen LogP contribution is -2.56. The van der Waals surface area contributed by atoms with Crippen LogP contribution in [0.4, 0.5) is 0 Å². The Labute approximate surface area is 123 Å². The summed E-state index contributed by atoms with van der Waals surface area (Å²) in [5, 5.41) is 3.49. The van der Waals surface area contributed by atoms with E-state index in [2.05, 4.69) is 59.4 Å². The van der Waals surface area contributed by atoms with Crippen LogP contribution in [0.1, 0.15) is 31.4 Å². The number of nitrogens with zero attached hydrogens (tertiary/aromatic N) is 2. The zero-order chi connectivity index (χ0) is 13.9. The van der Waals surface area contributed by atoms with E-state index in [1.165, 1.54) is 38.0 Å². The van der Waals surface area contributed by atoms with Gasteiger partial charge in [-0.2, -0.15) is 0 Å². The number of piperazine rings is 1. The average molecular weight is 273 g/mol. The third kappa shape index (κ3) is 2.90. The van der Waals surface area contributed by atoms with Crippen molar-refractivity contribution in [2.24, 2.45) is 0 Å². The Morgan fingerprint density at radius 3 is 2.80 bits per heavy atom. The van der Waals surface area contributed by atoms with Crippen LogP contribution in [0.5, 0.6) is 0 Å². The summed E-state index contributed by atoms with van der Waals surface area (Å²) in [5.74, 6) is 0. The Kier molecular flexibility index (Phi) is 4.39. The van der Waals surface area contributed by atoms with Crippen molar-refractivity contribution in [3.8, 4) is 0 Å². The number of hydrogen-bond acceptors (Lipinski definition) is 3. The Bertz CT molecular complexity index is 420. The quantitative estimate of drug-likeness (QED) is 0.906. The molecule has 2 fully saturated rings. The molecule has 0 aromatic heterocycles. The maximum Gasteiger partial charge on any atom is 0.0447 e. The van der Waals surface area contributed by atoms with E-state index in [-0.39, 0.29) is 0 Å². The third-order valence-corrected chi connectivity index (χ3v) is 5.03. The average Bonchev–Trinajstić information content (AvgIpc) is 2.92. The molecule has 3 rings (SSSR count). The molecule has 3 unspecified atom stereocenters. The molecule has 0 aliphatic carbocycles. The molecule has 3 heteroatoms. The second-order valence-electron chi connectivity index (χ2n) is 6.35. The van der Waals surface area contributed by atoms with Crippen molar-refractivity contribution >= 4 is 0 Å². The van der Waals surface area contributed by atoms with Crippen LogP contribution >= 0.6 is 0 Å². The Morgan fingerprint density at radius 2 is 2.05 bits per heavy atom. The van der Waals surface area contributed by atoms with Crippen LogP contribution in [-0.4, -0.2) is 55.1 Å². The molecule has 2 heterocycles. The molecule has 1 aromatic rings. The van der Waals surface area contributed by atoms with E-state index in [0.29, 0.717) is 12.1 Å². The second-order valence-corrected chi connectivity index (χ2v) is 6.35. The smallest absolute Gasteiger partial charge is 0.0447 e. The van der Waals surface area contributed by atoms with Crippen LogP contribution in [0.2, 0.25) is 0 Å². The summed E-state index contributed by atoms with van der Waals surface area (Å²) in [7, 11) is 2.08. The van der Waals surface area contributed by atoms with Gasteiger partial charge in [-0.25, -0.2) is 0 Å². The Hall–Kier alpha value is -0.900. The van der Waals surface area contributed by atoms with Crippen LogP contribution in [0.3, 0.4) is 0 Å². The number of fused-ring (bicyclic) bond motifs is 1. The highest BCUT2D eigenvalue weighted by Crippen LogP contribution is 2.26. The molecule has 0 saturated carbocycles. The summed E-state index contributed by atoms with van der Waals surface area (Å²) in [4.78, 5) is 5.37. The molecular formula is C17H27N3. The van der Waals surface area contributed by atoms with E-state index in [1.54, 1.807) is 0 Å². The first-order valence-electron chi connectivity index (χ1n) is 7.98. The molecule has 0 amide bonds. The minimum atomic E-state index is 0.437. The van der Waals surface area contributed by atoms with E-state index in [0.717, 1.165) is 12.6 Å². The molecule has 0 bridgehead atoms.